The van der Waals surface area contributed by atoms with Crippen molar-refractivity contribution in [1.29, 1.82) is 0 Å². The molecule has 0 bridgehead atoms. The summed E-state index contributed by atoms with van der Waals surface area (Å²) in [5.41, 5.74) is 0.577. The Hall–Kier alpha value is -1.10. The van der Waals surface area contributed by atoms with Crippen molar-refractivity contribution in [3.63, 3.8) is 0 Å². The van der Waals surface area contributed by atoms with Crippen LogP contribution in [-0.2, 0) is 0 Å². The summed E-state index contributed by atoms with van der Waals surface area (Å²) in [7, 11) is 3.54. The van der Waals surface area contributed by atoms with Crippen LogP contribution < -0.4 is 5.32 Å². The lowest BCUT2D eigenvalue weighted by molar-refractivity contribution is 0.0755. The fraction of sp³-hybridized carbons (Fsp3) is 0.455. The van der Waals surface area contributed by atoms with Crippen molar-refractivity contribution < 1.29 is 4.79 Å². The van der Waals surface area contributed by atoms with Crippen LogP contribution in [0.5, 0.6) is 0 Å². The van der Waals surface area contributed by atoms with Gasteiger partial charge in [0, 0.05) is 30.8 Å². The number of carbonyl (C=O) groups excluding carboxylic acids is 1. The van der Waals surface area contributed by atoms with Crippen molar-refractivity contribution in [2.45, 2.75) is 19.9 Å². The molecule has 0 aromatic carbocycles. The SMILES string of the molecule is CNc1ncc(Br)cc1C(=O)N(C)C(C)C. The van der Waals surface area contributed by atoms with Crippen LogP contribution in [0.25, 0.3) is 0 Å². The number of anilines is 1. The highest BCUT2D eigenvalue weighted by Crippen LogP contribution is 2.19. The van der Waals surface area contributed by atoms with Crippen molar-refractivity contribution in [3.8, 4) is 0 Å². The topological polar surface area (TPSA) is 45.2 Å². The first kappa shape index (κ1) is 13.0. The van der Waals surface area contributed by atoms with Crippen LogP contribution in [0.3, 0.4) is 0 Å². The molecule has 1 aromatic heterocycles. The fourth-order valence-electron chi connectivity index (χ4n) is 1.23. The molecule has 1 heterocycles. The summed E-state index contributed by atoms with van der Waals surface area (Å²) < 4.78 is 0.798. The van der Waals surface area contributed by atoms with Gasteiger partial charge in [-0.05, 0) is 35.8 Å². The number of hydrogen-bond donors (Lipinski definition) is 1. The van der Waals surface area contributed by atoms with Crippen molar-refractivity contribution in [2.24, 2.45) is 0 Å². The van der Waals surface area contributed by atoms with Crippen molar-refractivity contribution >= 4 is 27.7 Å². The second-order valence-corrected chi connectivity index (χ2v) is 4.73. The lowest BCUT2D eigenvalue weighted by Crippen LogP contribution is -2.33. The van der Waals surface area contributed by atoms with E-state index in [2.05, 4.69) is 26.2 Å². The van der Waals surface area contributed by atoms with Crippen LogP contribution >= 0.6 is 15.9 Å². The molecule has 0 saturated heterocycles. The second-order valence-electron chi connectivity index (χ2n) is 3.81. The smallest absolute Gasteiger partial charge is 0.257 e. The van der Waals surface area contributed by atoms with Crippen LogP contribution in [0.15, 0.2) is 16.7 Å². The van der Waals surface area contributed by atoms with Gasteiger partial charge in [-0.2, -0.15) is 0 Å². The Labute approximate surface area is 104 Å². The van der Waals surface area contributed by atoms with Crippen LogP contribution in [0.2, 0.25) is 0 Å². The number of amides is 1. The van der Waals surface area contributed by atoms with Crippen LogP contribution in [-0.4, -0.2) is 35.9 Å². The lowest BCUT2D eigenvalue weighted by Gasteiger charge is -2.22. The number of nitrogens with zero attached hydrogens (tertiary/aromatic N) is 2. The average molecular weight is 286 g/mol. The highest BCUT2D eigenvalue weighted by atomic mass is 79.9. The third-order valence-corrected chi connectivity index (χ3v) is 2.85. The highest BCUT2D eigenvalue weighted by Gasteiger charge is 2.18. The minimum absolute atomic E-state index is 0.0341. The molecule has 1 rings (SSSR count). The van der Waals surface area contributed by atoms with Gasteiger partial charge in [-0.25, -0.2) is 4.98 Å². The van der Waals surface area contributed by atoms with E-state index in [0.717, 1.165) is 4.47 Å². The molecule has 0 unspecified atom stereocenters. The normalized spacial score (nSPS) is 10.4. The third-order valence-electron chi connectivity index (χ3n) is 2.42. The molecule has 0 aliphatic rings. The highest BCUT2D eigenvalue weighted by molar-refractivity contribution is 9.10. The average Bonchev–Trinajstić information content (AvgIpc) is 2.26. The first-order valence-electron chi connectivity index (χ1n) is 5.07. The van der Waals surface area contributed by atoms with Gasteiger partial charge < -0.3 is 10.2 Å². The first-order chi connectivity index (χ1) is 7.47. The molecule has 0 saturated carbocycles. The molecule has 1 aromatic rings. The van der Waals surface area contributed by atoms with E-state index in [4.69, 9.17) is 0 Å². The summed E-state index contributed by atoms with van der Waals surface area (Å²) in [4.78, 5) is 18.0. The summed E-state index contributed by atoms with van der Waals surface area (Å²) in [6, 6.07) is 1.94. The van der Waals surface area contributed by atoms with E-state index < -0.39 is 0 Å². The maximum Gasteiger partial charge on any atom is 0.257 e. The van der Waals surface area contributed by atoms with Gasteiger partial charge >= 0.3 is 0 Å². The molecular formula is C11H16BrN3O. The summed E-state index contributed by atoms with van der Waals surface area (Å²) in [5.74, 6) is 0.564. The van der Waals surface area contributed by atoms with Gasteiger partial charge in [0.2, 0.25) is 0 Å². The van der Waals surface area contributed by atoms with Gasteiger partial charge in [0.1, 0.15) is 5.82 Å². The maximum absolute atomic E-state index is 12.1. The minimum atomic E-state index is -0.0341. The Balaban J connectivity index is 3.11. The summed E-state index contributed by atoms with van der Waals surface area (Å²) in [6.07, 6.45) is 1.66. The summed E-state index contributed by atoms with van der Waals surface area (Å²) in [5, 5.41) is 2.92. The zero-order valence-corrected chi connectivity index (χ0v) is 11.5. The molecule has 0 aliphatic heterocycles. The van der Waals surface area contributed by atoms with Crippen LogP contribution in [0.4, 0.5) is 5.82 Å². The van der Waals surface area contributed by atoms with Crippen molar-refractivity contribution in [2.75, 3.05) is 19.4 Å². The molecule has 88 valence electrons. The van der Waals surface area contributed by atoms with Crippen LogP contribution in [0.1, 0.15) is 24.2 Å². The maximum atomic E-state index is 12.1. The second kappa shape index (κ2) is 5.30. The minimum Gasteiger partial charge on any atom is -0.372 e. The van der Waals surface area contributed by atoms with E-state index in [-0.39, 0.29) is 11.9 Å². The molecule has 0 fully saturated rings. The van der Waals surface area contributed by atoms with Crippen molar-refractivity contribution in [1.82, 2.24) is 9.88 Å². The number of halogens is 1. The van der Waals surface area contributed by atoms with E-state index in [9.17, 15) is 4.79 Å². The Bertz CT molecular complexity index is 393. The van der Waals surface area contributed by atoms with Gasteiger partial charge in [-0.15, -0.1) is 0 Å². The lowest BCUT2D eigenvalue weighted by atomic mass is 10.2. The quantitative estimate of drug-likeness (QED) is 0.927. The summed E-state index contributed by atoms with van der Waals surface area (Å²) >= 11 is 3.32. The Morgan fingerprint density at radius 3 is 2.69 bits per heavy atom. The summed E-state index contributed by atoms with van der Waals surface area (Å²) in [6.45, 7) is 3.95. The molecule has 0 atom stereocenters. The number of pyridine rings is 1. The van der Waals surface area contributed by atoms with Gasteiger partial charge in [0.05, 0.1) is 5.56 Å². The molecule has 4 nitrogen and oxygen atoms in total. The van der Waals surface area contributed by atoms with E-state index in [1.54, 1.807) is 31.3 Å². The number of nitrogens with one attached hydrogen (secondary N) is 1. The fourth-order valence-corrected chi connectivity index (χ4v) is 1.56. The molecule has 16 heavy (non-hydrogen) atoms. The van der Waals surface area contributed by atoms with Gasteiger partial charge in [-0.1, -0.05) is 0 Å². The Morgan fingerprint density at radius 1 is 1.56 bits per heavy atom. The number of rotatable bonds is 3. The molecular weight excluding hydrogens is 270 g/mol. The zero-order chi connectivity index (χ0) is 12.3. The van der Waals surface area contributed by atoms with Crippen LogP contribution in [0, 0.1) is 0 Å². The largest absolute Gasteiger partial charge is 0.372 e. The predicted molar refractivity (Wildman–Crippen MR) is 68.7 cm³/mol. The molecule has 1 amide bonds. The van der Waals surface area contributed by atoms with E-state index >= 15 is 0 Å². The third kappa shape index (κ3) is 2.72. The zero-order valence-electron chi connectivity index (χ0n) is 9.91. The Morgan fingerprint density at radius 2 is 2.19 bits per heavy atom. The number of hydrogen-bond acceptors (Lipinski definition) is 3. The first-order valence-corrected chi connectivity index (χ1v) is 5.87. The predicted octanol–water partition coefficient (Wildman–Crippen LogP) is 2.37. The monoisotopic (exact) mass is 285 g/mol. The molecule has 1 N–H and O–H groups in total. The standard InChI is InChI=1S/C11H16BrN3O/c1-7(2)15(4)11(16)9-5-8(12)6-14-10(9)13-3/h5-7H,1-4H3,(H,13,14). The van der Waals surface area contributed by atoms with Crippen molar-refractivity contribution in [3.05, 3.63) is 22.3 Å². The number of carbonyl (C=O) groups is 1. The Kier molecular flexibility index (Phi) is 4.29. The molecule has 0 radical (unpaired) electrons. The number of aromatic nitrogens is 1. The van der Waals surface area contributed by atoms with Gasteiger partial charge in [0.25, 0.3) is 5.91 Å². The van der Waals surface area contributed by atoms with E-state index in [1.807, 2.05) is 13.8 Å². The van der Waals surface area contributed by atoms with Gasteiger partial charge in [-0.3, -0.25) is 4.79 Å². The van der Waals surface area contributed by atoms with Gasteiger partial charge in [0.15, 0.2) is 0 Å². The molecule has 0 aliphatic carbocycles. The van der Waals surface area contributed by atoms with E-state index in [1.165, 1.54) is 0 Å². The van der Waals surface area contributed by atoms with E-state index in [0.29, 0.717) is 11.4 Å². The molecule has 0 spiro atoms. The molecule has 5 heteroatoms.